The molecule has 3 rings (SSSR count). The van der Waals surface area contributed by atoms with Gasteiger partial charge in [-0.1, -0.05) is 45.0 Å². The van der Waals surface area contributed by atoms with Crippen molar-refractivity contribution in [3.05, 3.63) is 59.9 Å². The molecule has 0 atom stereocenters. The molecule has 1 amide bonds. The van der Waals surface area contributed by atoms with Gasteiger partial charge in [0.1, 0.15) is 18.2 Å². The van der Waals surface area contributed by atoms with E-state index in [2.05, 4.69) is 47.8 Å². The average Bonchev–Trinajstić information content (AvgIpc) is 2.97. The first-order valence-corrected chi connectivity index (χ1v) is 9.26. The summed E-state index contributed by atoms with van der Waals surface area (Å²) in [6.45, 7) is 9.71. The molecule has 0 radical (unpaired) electrons. The molecule has 0 bridgehead atoms. The fourth-order valence-corrected chi connectivity index (χ4v) is 3.02. The number of hydrogen-bond donors (Lipinski definition) is 1. The second kappa shape index (κ2) is 7.82. The van der Waals surface area contributed by atoms with Crippen LogP contribution < -0.4 is 10.1 Å². The SMILES string of the molecule is CC(=O)NCc1nc2ccccc2n1CCOc1ccc(C(C)(C)C)cc1. The standard InChI is InChI=1S/C22H27N3O2/c1-16(26)23-15-21-24-19-7-5-6-8-20(19)25(21)13-14-27-18-11-9-17(10-12-18)22(2,3)4/h5-12H,13-15H2,1-4H3,(H,23,26). The second-order valence-electron chi connectivity index (χ2n) is 7.70. The highest BCUT2D eigenvalue weighted by molar-refractivity contribution is 5.76. The molecule has 142 valence electrons. The molecule has 1 heterocycles. The van der Waals surface area contributed by atoms with E-state index < -0.39 is 0 Å². The molecule has 1 N–H and O–H groups in total. The molecule has 27 heavy (non-hydrogen) atoms. The van der Waals surface area contributed by atoms with E-state index in [9.17, 15) is 4.79 Å². The number of benzene rings is 2. The van der Waals surface area contributed by atoms with E-state index in [1.807, 2.05) is 36.4 Å². The van der Waals surface area contributed by atoms with E-state index in [0.29, 0.717) is 19.7 Å². The summed E-state index contributed by atoms with van der Waals surface area (Å²) in [4.78, 5) is 15.9. The number of hydrogen-bond acceptors (Lipinski definition) is 3. The van der Waals surface area contributed by atoms with Crippen molar-refractivity contribution in [1.82, 2.24) is 14.9 Å². The number of nitrogens with one attached hydrogen (secondary N) is 1. The minimum atomic E-state index is -0.0659. The third kappa shape index (κ3) is 4.67. The number of carbonyl (C=O) groups excluding carboxylic acids is 1. The Hall–Kier alpha value is -2.82. The third-order valence-electron chi connectivity index (χ3n) is 4.53. The zero-order valence-corrected chi connectivity index (χ0v) is 16.5. The quantitative estimate of drug-likeness (QED) is 0.717. The van der Waals surface area contributed by atoms with Crippen LogP contribution in [0.15, 0.2) is 48.5 Å². The zero-order valence-electron chi connectivity index (χ0n) is 16.5. The molecule has 0 unspecified atom stereocenters. The van der Waals surface area contributed by atoms with Gasteiger partial charge >= 0.3 is 0 Å². The molecule has 0 saturated heterocycles. The van der Waals surface area contributed by atoms with Crippen molar-refractivity contribution in [2.24, 2.45) is 0 Å². The fourth-order valence-electron chi connectivity index (χ4n) is 3.02. The van der Waals surface area contributed by atoms with E-state index >= 15 is 0 Å². The molecule has 0 aliphatic rings. The van der Waals surface area contributed by atoms with E-state index in [1.54, 1.807) is 0 Å². The first-order chi connectivity index (χ1) is 12.8. The lowest BCUT2D eigenvalue weighted by molar-refractivity contribution is -0.119. The van der Waals surface area contributed by atoms with Gasteiger partial charge in [-0.25, -0.2) is 4.98 Å². The van der Waals surface area contributed by atoms with Gasteiger partial charge in [-0.3, -0.25) is 4.79 Å². The predicted molar refractivity (Wildman–Crippen MR) is 108 cm³/mol. The molecular weight excluding hydrogens is 338 g/mol. The summed E-state index contributed by atoms with van der Waals surface area (Å²) in [7, 11) is 0. The highest BCUT2D eigenvalue weighted by Gasteiger charge is 2.13. The molecule has 1 aromatic heterocycles. The normalized spacial score (nSPS) is 11.6. The van der Waals surface area contributed by atoms with Gasteiger partial charge in [0.15, 0.2) is 0 Å². The van der Waals surface area contributed by atoms with E-state index in [-0.39, 0.29) is 11.3 Å². The van der Waals surface area contributed by atoms with E-state index in [1.165, 1.54) is 12.5 Å². The highest BCUT2D eigenvalue weighted by Crippen LogP contribution is 2.24. The van der Waals surface area contributed by atoms with Gasteiger partial charge in [0.2, 0.25) is 5.91 Å². The van der Waals surface area contributed by atoms with Crippen molar-refractivity contribution in [2.75, 3.05) is 6.61 Å². The second-order valence-corrected chi connectivity index (χ2v) is 7.70. The first-order valence-electron chi connectivity index (χ1n) is 9.26. The highest BCUT2D eigenvalue weighted by atomic mass is 16.5. The van der Waals surface area contributed by atoms with Gasteiger partial charge in [-0.15, -0.1) is 0 Å². The molecule has 5 heteroatoms. The number of nitrogens with zero attached hydrogens (tertiary/aromatic N) is 2. The minimum Gasteiger partial charge on any atom is -0.492 e. The smallest absolute Gasteiger partial charge is 0.217 e. The van der Waals surface area contributed by atoms with Crippen LogP contribution in [0.3, 0.4) is 0 Å². The lowest BCUT2D eigenvalue weighted by Gasteiger charge is -2.19. The molecule has 0 aliphatic heterocycles. The summed E-state index contributed by atoms with van der Waals surface area (Å²) in [6.07, 6.45) is 0. The number of aromatic nitrogens is 2. The number of para-hydroxylation sites is 2. The van der Waals surface area contributed by atoms with Crippen LogP contribution in [-0.2, 0) is 23.3 Å². The molecule has 0 aliphatic carbocycles. The third-order valence-corrected chi connectivity index (χ3v) is 4.53. The van der Waals surface area contributed by atoms with Crippen LogP contribution in [0, 0.1) is 0 Å². The van der Waals surface area contributed by atoms with Crippen molar-refractivity contribution in [3.8, 4) is 5.75 Å². The minimum absolute atomic E-state index is 0.0659. The number of imidazole rings is 1. The maximum absolute atomic E-state index is 11.3. The van der Waals surface area contributed by atoms with Gasteiger partial charge in [0.25, 0.3) is 0 Å². The predicted octanol–water partition coefficient (Wildman–Crippen LogP) is 4.05. The van der Waals surface area contributed by atoms with Crippen LogP contribution in [0.5, 0.6) is 5.75 Å². The summed E-state index contributed by atoms with van der Waals surface area (Å²) < 4.78 is 8.05. The average molecular weight is 365 g/mol. The molecule has 0 saturated carbocycles. The maximum Gasteiger partial charge on any atom is 0.217 e. The first kappa shape index (κ1) is 19.0. The number of carbonyl (C=O) groups is 1. The summed E-state index contributed by atoms with van der Waals surface area (Å²) in [5.41, 5.74) is 3.39. The molecule has 0 spiro atoms. The van der Waals surface area contributed by atoms with Crippen molar-refractivity contribution in [1.29, 1.82) is 0 Å². The summed E-state index contributed by atoms with van der Waals surface area (Å²) in [5.74, 6) is 1.62. The van der Waals surface area contributed by atoms with E-state index in [0.717, 1.165) is 22.6 Å². The topological polar surface area (TPSA) is 56.2 Å². The van der Waals surface area contributed by atoms with Crippen LogP contribution in [0.2, 0.25) is 0 Å². The van der Waals surface area contributed by atoms with Gasteiger partial charge in [-0.2, -0.15) is 0 Å². The van der Waals surface area contributed by atoms with Crippen molar-refractivity contribution >= 4 is 16.9 Å². The van der Waals surface area contributed by atoms with Crippen LogP contribution >= 0.6 is 0 Å². The molecule has 2 aromatic carbocycles. The Morgan fingerprint density at radius 1 is 1.11 bits per heavy atom. The van der Waals surface area contributed by atoms with Gasteiger partial charge in [0, 0.05) is 6.92 Å². The molecular formula is C22H27N3O2. The maximum atomic E-state index is 11.3. The Morgan fingerprint density at radius 2 is 1.81 bits per heavy atom. The summed E-state index contributed by atoms with van der Waals surface area (Å²) in [5, 5.41) is 2.83. The number of ether oxygens (including phenoxy) is 1. The monoisotopic (exact) mass is 365 g/mol. The number of amides is 1. The Bertz CT molecular complexity index is 921. The Kier molecular flexibility index (Phi) is 5.49. The van der Waals surface area contributed by atoms with Crippen LogP contribution in [0.4, 0.5) is 0 Å². The Morgan fingerprint density at radius 3 is 2.48 bits per heavy atom. The van der Waals surface area contributed by atoms with Crippen LogP contribution in [-0.4, -0.2) is 22.1 Å². The summed E-state index contributed by atoms with van der Waals surface area (Å²) in [6, 6.07) is 16.3. The van der Waals surface area contributed by atoms with Gasteiger partial charge < -0.3 is 14.6 Å². The van der Waals surface area contributed by atoms with Crippen molar-refractivity contribution < 1.29 is 9.53 Å². The Balaban J connectivity index is 1.70. The zero-order chi connectivity index (χ0) is 19.4. The number of rotatable bonds is 6. The van der Waals surface area contributed by atoms with Crippen LogP contribution in [0.1, 0.15) is 39.1 Å². The van der Waals surface area contributed by atoms with Crippen molar-refractivity contribution in [3.63, 3.8) is 0 Å². The van der Waals surface area contributed by atoms with Crippen LogP contribution in [0.25, 0.3) is 11.0 Å². The molecule has 3 aromatic rings. The largest absolute Gasteiger partial charge is 0.492 e. The lowest BCUT2D eigenvalue weighted by atomic mass is 9.87. The van der Waals surface area contributed by atoms with E-state index in [4.69, 9.17) is 4.74 Å². The fraction of sp³-hybridized carbons (Fsp3) is 0.364. The number of fused-ring (bicyclic) bond motifs is 1. The van der Waals surface area contributed by atoms with Gasteiger partial charge in [-0.05, 0) is 35.2 Å². The Labute approximate surface area is 160 Å². The van der Waals surface area contributed by atoms with Gasteiger partial charge in [0.05, 0.1) is 24.1 Å². The molecule has 5 nitrogen and oxygen atoms in total. The lowest BCUT2D eigenvalue weighted by Crippen LogP contribution is -2.22. The molecule has 0 fully saturated rings. The van der Waals surface area contributed by atoms with Crippen molar-refractivity contribution in [2.45, 2.75) is 46.2 Å². The summed E-state index contributed by atoms with van der Waals surface area (Å²) >= 11 is 0.